The third-order valence-electron chi connectivity index (χ3n) is 4.17. The Labute approximate surface area is 158 Å². The van der Waals surface area contributed by atoms with Crippen molar-refractivity contribution in [2.24, 2.45) is 0 Å². The van der Waals surface area contributed by atoms with Crippen molar-refractivity contribution in [3.63, 3.8) is 0 Å². The lowest BCUT2D eigenvalue weighted by Gasteiger charge is -2.20. The van der Waals surface area contributed by atoms with Gasteiger partial charge >= 0.3 is 0 Å². The van der Waals surface area contributed by atoms with Gasteiger partial charge in [-0.2, -0.15) is 0 Å². The minimum atomic E-state index is -0.305. The van der Waals surface area contributed by atoms with E-state index in [0.717, 1.165) is 28.8 Å². The first-order valence-corrected chi connectivity index (χ1v) is 9.68. The van der Waals surface area contributed by atoms with E-state index < -0.39 is 0 Å². The van der Waals surface area contributed by atoms with Gasteiger partial charge in [0.15, 0.2) is 5.78 Å². The summed E-state index contributed by atoms with van der Waals surface area (Å²) in [7, 11) is 0. The lowest BCUT2D eigenvalue weighted by molar-refractivity contribution is 0.102. The maximum absolute atomic E-state index is 14.1. The smallest absolute Gasteiger partial charge is 0.174 e. The molecule has 0 amide bonds. The molecular formula is C19H23FN2OS2. The molecule has 0 unspecified atom stereocenters. The molecule has 1 heterocycles. The molecular weight excluding hydrogens is 355 g/mol. The van der Waals surface area contributed by atoms with Gasteiger partial charge in [-0.25, -0.2) is 4.39 Å². The summed E-state index contributed by atoms with van der Waals surface area (Å²) in [6.45, 7) is 9.47. The van der Waals surface area contributed by atoms with Gasteiger partial charge in [-0.15, -0.1) is 0 Å². The number of hydrogen-bond acceptors (Lipinski definition) is 3. The van der Waals surface area contributed by atoms with E-state index in [1.807, 2.05) is 33.8 Å². The van der Waals surface area contributed by atoms with Gasteiger partial charge in [-0.05, 0) is 45.9 Å². The van der Waals surface area contributed by atoms with E-state index >= 15 is 0 Å². The van der Waals surface area contributed by atoms with Crippen LogP contribution < -0.4 is 0 Å². The number of Topliss-reactive ketones (excluding diaryl/α,β-unsaturated/α-hetero) is 1. The van der Waals surface area contributed by atoms with E-state index in [-0.39, 0.29) is 17.4 Å². The van der Waals surface area contributed by atoms with Crippen LogP contribution in [-0.2, 0) is 0 Å². The second-order valence-corrected chi connectivity index (χ2v) is 7.33. The van der Waals surface area contributed by atoms with Gasteiger partial charge in [0.25, 0.3) is 0 Å². The van der Waals surface area contributed by atoms with Crippen molar-refractivity contribution in [3.05, 3.63) is 53.1 Å². The zero-order valence-corrected chi connectivity index (χ0v) is 16.6. The molecule has 0 aliphatic rings. The Bertz CT molecular complexity index is 782. The zero-order valence-electron chi connectivity index (χ0n) is 15.0. The highest BCUT2D eigenvalue weighted by Gasteiger charge is 2.19. The number of carbonyl (C=O) groups is 1. The van der Waals surface area contributed by atoms with E-state index in [9.17, 15) is 9.18 Å². The summed E-state index contributed by atoms with van der Waals surface area (Å²) in [6, 6.07) is 8.41. The van der Waals surface area contributed by atoms with Gasteiger partial charge in [-0.3, -0.25) is 4.79 Å². The van der Waals surface area contributed by atoms with Crippen molar-refractivity contribution in [2.45, 2.75) is 27.7 Å². The van der Waals surface area contributed by atoms with E-state index in [0.29, 0.717) is 11.3 Å². The highest BCUT2D eigenvalue weighted by atomic mass is 32.2. The van der Waals surface area contributed by atoms with E-state index in [4.69, 9.17) is 12.2 Å². The quantitative estimate of drug-likeness (QED) is 0.534. The molecule has 3 nitrogen and oxygen atoms in total. The highest BCUT2D eigenvalue weighted by Crippen LogP contribution is 2.24. The molecule has 6 heteroatoms. The highest BCUT2D eigenvalue weighted by molar-refractivity contribution is 8.23. The standard InChI is InChI=1S/C19H23FN2OS2/c1-5-21(6-2)19(24)25-12-18(23)15-11-13(3)22(14(15)4)17-10-8-7-9-16(17)20/h7-11H,5-6,12H2,1-4H3. The third-order valence-corrected chi connectivity index (χ3v) is 5.70. The molecule has 134 valence electrons. The molecule has 0 saturated carbocycles. The average molecular weight is 379 g/mol. The Morgan fingerprint density at radius 2 is 1.88 bits per heavy atom. The summed E-state index contributed by atoms with van der Waals surface area (Å²) in [6.07, 6.45) is 0. The van der Waals surface area contributed by atoms with Gasteiger partial charge in [-0.1, -0.05) is 36.1 Å². The largest absolute Gasteiger partial charge is 0.358 e. The van der Waals surface area contributed by atoms with Gasteiger partial charge in [0.2, 0.25) is 0 Å². The number of benzene rings is 1. The zero-order chi connectivity index (χ0) is 18.6. The van der Waals surface area contributed by atoms with Crippen LogP contribution in [0.25, 0.3) is 5.69 Å². The number of halogens is 1. The van der Waals surface area contributed by atoms with Crippen LogP contribution in [-0.4, -0.2) is 38.4 Å². The molecule has 0 spiro atoms. The van der Waals surface area contributed by atoms with Gasteiger partial charge in [0.1, 0.15) is 10.1 Å². The normalized spacial score (nSPS) is 10.8. The van der Waals surface area contributed by atoms with Crippen LogP contribution in [0.2, 0.25) is 0 Å². The molecule has 0 atom stereocenters. The second kappa shape index (κ2) is 8.63. The topological polar surface area (TPSA) is 25.2 Å². The monoisotopic (exact) mass is 378 g/mol. The predicted octanol–water partition coefficient (Wildman–Crippen LogP) is 4.78. The number of nitrogens with zero attached hydrogens (tertiary/aromatic N) is 2. The summed E-state index contributed by atoms with van der Waals surface area (Å²) in [4.78, 5) is 14.7. The number of thiocarbonyl (C=S) groups is 1. The summed E-state index contributed by atoms with van der Waals surface area (Å²) in [5.41, 5.74) is 2.67. The van der Waals surface area contributed by atoms with Crippen LogP contribution in [0.15, 0.2) is 30.3 Å². The number of ketones is 1. The van der Waals surface area contributed by atoms with Gasteiger partial charge in [0.05, 0.1) is 11.4 Å². The maximum atomic E-state index is 14.1. The predicted molar refractivity (Wildman–Crippen MR) is 108 cm³/mol. The van der Waals surface area contributed by atoms with E-state index in [1.54, 1.807) is 22.8 Å². The number of aromatic nitrogens is 1. The van der Waals surface area contributed by atoms with Crippen molar-refractivity contribution < 1.29 is 9.18 Å². The molecule has 2 aromatic rings. The van der Waals surface area contributed by atoms with Crippen LogP contribution >= 0.6 is 24.0 Å². The van der Waals surface area contributed by atoms with Crippen molar-refractivity contribution >= 4 is 34.1 Å². The Morgan fingerprint density at radius 3 is 2.48 bits per heavy atom. The van der Waals surface area contributed by atoms with Crippen LogP contribution in [0.3, 0.4) is 0 Å². The molecule has 0 bridgehead atoms. The number of carbonyl (C=O) groups excluding carboxylic acids is 1. The first kappa shape index (κ1) is 19.7. The van der Waals surface area contributed by atoms with Crippen molar-refractivity contribution in [1.29, 1.82) is 0 Å². The number of aryl methyl sites for hydroxylation is 1. The molecule has 0 radical (unpaired) electrons. The fourth-order valence-electron chi connectivity index (χ4n) is 2.83. The maximum Gasteiger partial charge on any atom is 0.174 e. The number of para-hydroxylation sites is 1. The Balaban J connectivity index is 2.21. The third kappa shape index (κ3) is 4.30. The lowest BCUT2D eigenvalue weighted by atomic mass is 10.2. The van der Waals surface area contributed by atoms with Crippen LogP contribution in [0.5, 0.6) is 0 Å². The Morgan fingerprint density at radius 1 is 1.24 bits per heavy atom. The minimum Gasteiger partial charge on any atom is -0.358 e. The molecule has 0 fully saturated rings. The van der Waals surface area contributed by atoms with Crippen LogP contribution in [0.4, 0.5) is 4.39 Å². The summed E-state index contributed by atoms with van der Waals surface area (Å²) >= 11 is 6.77. The lowest BCUT2D eigenvalue weighted by Crippen LogP contribution is -2.27. The first-order valence-electron chi connectivity index (χ1n) is 8.29. The molecule has 0 aliphatic carbocycles. The average Bonchev–Trinajstić information content (AvgIpc) is 2.89. The molecule has 0 saturated heterocycles. The minimum absolute atomic E-state index is 0.00944. The Hall–Kier alpha value is -1.66. The number of thioether (sulfide) groups is 1. The molecule has 0 N–H and O–H groups in total. The first-order chi connectivity index (χ1) is 11.9. The van der Waals surface area contributed by atoms with Gasteiger partial charge < -0.3 is 9.47 Å². The van der Waals surface area contributed by atoms with Crippen LogP contribution in [0, 0.1) is 19.7 Å². The van der Waals surface area contributed by atoms with E-state index in [1.165, 1.54) is 17.8 Å². The molecule has 2 rings (SSSR count). The summed E-state index contributed by atoms with van der Waals surface area (Å²) < 4.78 is 16.7. The SMILES string of the molecule is CCN(CC)C(=S)SCC(=O)c1cc(C)n(-c2ccccc2F)c1C. The van der Waals surface area contributed by atoms with Gasteiger partial charge in [0, 0.05) is 30.0 Å². The summed E-state index contributed by atoms with van der Waals surface area (Å²) in [5.74, 6) is -0.00717. The molecule has 1 aromatic carbocycles. The fraction of sp³-hybridized carbons (Fsp3) is 0.368. The molecule has 1 aromatic heterocycles. The number of rotatable bonds is 6. The van der Waals surface area contributed by atoms with Crippen LogP contribution in [0.1, 0.15) is 35.6 Å². The molecule has 25 heavy (non-hydrogen) atoms. The number of hydrogen-bond donors (Lipinski definition) is 0. The van der Waals surface area contributed by atoms with Crippen molar-refractivity contribution in [1.82, 2.24) is 9.47 Å². The van der Waals surface area contributed by atoms with Crippen molar-refractivity contribution in [3.8, 4) is 5.69 Å². The fourth-order valence-corrected chi connectivity index (χ4v) is 4.11. The van der Waals surface area contributed by atoms with Crippen molar-refractivity contribution in [2.75, 3.05) is 18.8 Å². The summed E-state index contributed by atoms with van der Waals surface area (Å²) in [5, 5.41) is 0. The Kier molecular flexibility index (Phi) is 6.79. The van der Waals surface area contributed by atoms with E-state index in [2.05, 4.69) is 4.90 Å². The molecule has 0 aliphatic heterocycles. The second-order valence-electron chi connectivity index (χ2n) is 5.72.